The smallest absolute Gasteiger partial charge is 0.290 e. The molecular weight excluding hydrogens is 404 g/mol. The summed E-state index contributed by atoms with van der Waals surface area (Å²) in [5.74, 6) is -0.433. The molecule has 0 bridgehead atoms. The number of benzene rings is 1. The van der Waals surface area contributed by atoms with E-state index in [1.165, 1.54) is 30.7 Å². The van der Waals surface area contributed by atoms with Crippen LogP contribution < -0.4 is 0 Å². The molecule has 1 amide bonds. The van der Waals surface area contributed by atoms with Gasteiger partial charge in [-0.1, -0.05) is 38.1 Å². The lowest BCUT2D eigenvalue weighted by atomic mass is 9.93. The van der Waals surface area contributed by atoms with E-state index in [2.05, 4.69) is 18.7 Å². The van der Waals surface area contributed by atoms with E-state index in [1.54, 1.807) is 23.1 Å². The SMILES string of the molecule is CC(C)c1ccc(C2C(C(=O)/C=C/c3ccco3)=C(O)C(=O)N2CCN2CCCC2)cc1. The van der Waals surface area contributed by atoms with Gasteiger partial charge in [-0.15, -0.1) is 0 Å². The molecule has 1 fully saturated rings. The number of rotatable bonds is 8. The lowest BCUT2D eigenvalue weighted by molar-refractivity contribution is -0.129. The van der Waals surface area contributed by atoms with Crippen LogP contribution in [0.15, 0.2) is 64.5 Å². The Balaban J connectivity index is 1.64. The van der Waals surface area contributed by atoms with E-state index < -0.39 is 23.5 Å². The van der Waals surface area contributed by atoms with Gasteiger partial charge in [0.15, 0.2) is 11.5 Å². The van der Waals surface area contributed by atoms with Gasteiger partial charge in [0, 0.05) is 13.1 Å². The average molecular weight is 435 g/mol. The molecule has 1 atom stereocenters. The van der Waals surface area contributed by atoms with E-state index in [4.69, 9.17) is 4.42 Å². The molecule has 6 heteroatoms. The molecule has 2 aliphatic heterocycles. The summed E-state index contributed by atoms with van der Waals surface area (Å²) in [6.45, 7) is 7.47. The first-order valence-corrected chi connectivity index (χ1v) is 11.3. The molecule has 6 nitrogen and oxygen atoms in total. The maximum Gasteiger partial charge on any atom is 0.290 e. The summed E-state index contributed by atoms with van der Waals surface area (Å²) in [7, 11) is 0. The summed E-state index contributed by atoms with van der Waals surface area (Å²) >= 11 is 0. The minimum Gasteiger partial charge on any atom is -0.503 e. The third kappa shape index (κ3) is 4.55. The molecule has 0 radical (unpaired) electrons. The molecule has 0 aliphatic carbocycles. The first-order valence-electron chi connectivity index (χ1n) is 11.3. The zero-order valence-corrected chi connectivity index (χ0v) is 18.7. The number of amides is 1. The summed E-state index contributed by atoms with van der Waals surface area (Å²) in [5, 5.41) is 10.7. The van der Waals surface area contributed by atoms with Gasteiger partial charge in [0.05, 0.1) is 17.9 Å². The molecule has 168 valence electrons. The minimum atomic E-state index is -0.611. The molecule has 0 saturated carbocycles. The number of allylic oxidation sites excluding steroid dienone is 1. The second-order valence-corrected chi connectivity index (χ2v) is 8.75. The minimum absolute atomic E-state index is 0.122. The fraction of sp³-hybridized carbons (Fsp3) is 0.385. The molecule has 1 aromatic carbocycles. The zero-order valence-electron chi connectivity index (χ0n) is 18.7. The van der Waals surface area contributed by atoms with Gasteiger partial charge in [-0.05, 0) is 67.3 Å². The second kappa shape index (κ2) is 9.57. The van der Waals surface area contributed by atoms with Crippen LogP contribution in [-0.2, 0) is 9.59 Å². The topological polar surface area (TPSA) is 74.0 Å². The highest BCUT2D eigenvalue weighted by Gasteiger charge is 2.42. The molecular formula is C26H30N2O4. The molecule has 1 saturated heterocycles. The number of ketones is 1. The van der Waals surface area contributed by atoms with Gasteiger partial charge in [0.25, 0.3) is 5.91 Å². The zero-order chi connectivity index (χ0) is 22.7. The van der Waals surface area contributed by atoms with Crippen molar-refractivity contribution >= 4 is 17.8 Å². The molecule has 32 heavy (non-hydrogen) atoms. The van der Waals surface area contributed by atoms with Crippen LogP contribution in [0.4, 0.5) is 0 Å². The molecule has 1 N–H and O–H groups in total. The molecule has 2 aromatic rings. The largest absolute Gasteiger partial charge is 0.503 e. The molecule has 3 heterocycles. The van der Waals surface area contributed by atoms with Crippen LogP contribution in [-0.4, -0.2) is 52.8 Å². The predicted molar refractivity (Wildman–Crippen MR) is 123 cm³/mol. The Hall–Kier alpha value is -3.12. The number of hydrogen-bond acceptors (Lipinski definition) is 5. The van der Waals surface area contributed by atoms with E-state index >= 15 is 0 Å². The van der Waals surface area contributed by atoms with Gasteiger partial charge in [-0.3, -0.25) is 9.59 Å². The van der Waals surface area contributed by atoms with E-state index in [0.717, 1.165) is 25.2 Å². The van der Waals surface area contributed by atoms with Gasteiger partial charge < -0.3 is 19.3 Å². The Morgan fingerprint density at radius 3 is 2.50 bits per heavy atom. The number of furan rings is 1. The second-order valence-electron chi connectivity index (χ2n) is 8.75. The quantitative estimate of drug-likeness (QED) is 0.620. The number of carbonyl (C=O) groups excluding carboxylic acids is 2. The number of likely N-dealkylation sites (tertiary alicyclic amines) is 1. The molecule has 1 unspecified atom stereocenters. The predicted octanol–water partition coefficient (Wildman–Crippen LogP) is 4.48. The van der Waals surface area contributed by atoms with Crippen LogP contribution in [0.25, 0.3) is 6.08 Å². The van der Waals surface area contributed by atoms with E-state index in [-0.39, 0.29) is 5.57 Å². The Morgan fingerprint density at radius 2 is 1.88 bits per heavy atom. The van der Waals surface area contributed by atoms with Gasteiger partial charge in [-0.2, -0.15) is 0 Å². The van der Waals surface area contributed by atoms with Crippen molar-refractivity contribution in [3.63, 3.8) is 0 Å². The fourth-order valence-electron chi connectivity index (χ4n) is 4.43. The highest BCUT2D eigenvalue weighted by Crippen LogP contribution is 2.38. The average Bonchev–Trinajstić information content (AvgIpc) is 3.54. The Morgan fingerprint density at radius 1 is 1.16 bits per heavy atom. The summed E-state index contributed by atoms with van der Waals surface area (Å²) in [6, 6.07) is 10.8. The van der Waals surface area contributed by atoms with Crippen molar-refractivity contribution in [3.8, 4) is 0 Å². The maximum atomic E-state index is 13.1. The standard InChI is InChI=1S/C26H30N2O4/c1-18(2)19-7-9-20(10-8-19)24-23(22(29)12-11-21-6-5-17-32-21)25(30)26(31)28(24)16-15-27-13-3-4-14-27/h5-12,17-18,24,30H,3-4,13-16H2,1-2H3/b12-11+. The van der Waals surface area contributed by atoms with Crippen LogP contribution in [0, 0.1) is 0 Å². The van der Waals surface area contributed by atoms with Crippen LogP contribution in [0.3, 0.4) is 0 Å². The number of hydrogen-bond donors (Lipinski definition) is 1. The number of aliphatic hydroxyl groups excluding tert-OH is 1. The van der Waals surface area contributed by atoms with Crippen molar-refractivity contribution < 1.29 is 19.1 Å². The lowest BCUT2D eigenvalue weighted by Crippen LogP contribution is -2.37. The van der Waals surface area contributed by atoms with E-state index in [0.29, 0.717) is 18.2 Å². The Kier molecular flexibility index (Phi) is 6.61. The van der Waals surface area contributed by atoms with Crippen LogP contribution >= 0.6 is 0 Å². The van der Waals surface area contributed by atoms with Gasteiger partial charge in [-0.25, -0.2) is 0 Å². The fourth-order valence-corrected chi connectivity index (χ4v) is 4.43. The molecule has 0 spiro atoms. The van der Waals surface area contributed by atoms with Gasteiger partial charge in [0.1, 0.15) is 5.76 Å². The Bertz CT molecular complexity index is 1010. The maximum absolute atomic E-state index is 13.1. The van der Waals surface area contributed by atoms with Crippen molar-refractivity contribution in [1.82, 2.24) is 9.80 Å². The van der Waals surface area contributed by atoms with Crippen molar-refractivity contribution in [3.05, 3.63) is 77.0 Å². The Labute approximate surface area is 188 Å². The van der Waals surface area contributed by atoms with Crippen molar-refractivity contribution in [2.75, 3.05) is 26.2 Å². The molecule has 4 rings (SSSR count). The third-order valence-corrected chi connectivity index (χ3v) is 6.29. The molecule has 1 aromatic heterocycles. The van der Waals surface area contributed by atoms with Crippen LogP contribution in [0.5, 0.6) is 0 Å². The molecule has 2 aliphatic rings. The van der Waals surface area contributed by atoms with Gasteiger partial charge >= 0.3 is 0 Å². The van der Waals surface area contributed by atoms with Crippen molar-refractivity contribution in [2.24, 2.45) is 0 Å². The summed E-state index contributed by atoms with van der Waals surface area (Å²) < 4.78 is 5.26. The normalized spacial score (nSPS) is 19.8. The van der Waals surface area contributed by atoms with Crippen molar-refractivity contribution in [1.29, 1.82) is 0 Å². The highest BCUT2D eigenvalue weighted by atomic mass is 16.3. The monoisotopic (exact) mass is 434 g/mol. The van der Waals surface area contributed by atoms with Crippen LogP contribution in [0.2, 0.25) is 0 Å². The van der Waals surface area contributed by atoms with Gasteiger partial charge in [0.2, 0.25) is 0 Å². The third-order valence-electron chi connectivity index (χ3n) is 6.29. The van der Waals surface area contributed by atoms with E-state index in [9.17, 15) is 14.7 Å². The summed E-state index contributed by atoms with van der Waals surface area (Å²) in [6.07, 6.45) is 6.77. The number of nitrogens with zero attached hydrogens (tertiary/aromatic N) is 2. The van der Waals surface area contributed by atoms with Crippen molar-refractivity contribution in [2.45, 2.75) is 38.6 Å². The lowest BCUT2D eigenvalue weighted by Gasteiger charge is -2.28. The summed E-state index contributed by atoms with van der Waals surface area (Å²) in [5.41, 5.74) is 2.12. The van der Waals surface area contributed by atoms with Crippen LogP contribution in [0.1, 0.15) is 55.5 Å². The first-order chi connectivity index (χ1) is 15.5. The number of carbonyl (C=O) groups is 2. The first kappa shape index (κ1) is 22.1. The number of aliphatic hydroxyl groups is 1. The summed E-state index contributed by atoms with van der Waals surface area (Å²) in [4.78, 5) is 30.1. The highest BCUT2D eigenvalue weighted by molar-refractivity contribution is 6.14. The van der Waals surface area contributed by atoms with E-state index in [1.807, 2.05) is 24.3 Å².